The Labute approximate surface area is 93.7 Å². The normalized spacial score (nSPS) is 30.4. The molecule has 0 aromatic carbocycles. The number of hydrogen-bond donors (Lipinski definition) is 2. The molecule has 3 heteroatoms. The fraction of sp³-hybridized carbons (Fsp3) is 1.00. The Hall–Kier alpha value is -0.120. The van der Waals surface area contributed by atoms with E-state index in [9.17, 15) is 0 Å². The zero-order valence-corrected chi connectivity index (χ0v) is 10.3. The maximum atomic E-state index is 5.75. The third kappa shape index (κ3) is 3.74. The first-order chi connectivity index (χ1) is 7.19. The molecule has 0 saturated carbocycles. The quantitative estimate of drug-likeness (QED) is 0.525. The molecule has 0 amide bonds. The first kappa shape index (κ1) is 12.9. The van der Waals surface area contributed by atoms with Crippen molar-refractivity contribution in [3.05, 3.63) is 0 Å². The molecule has 0 aromatic heterocycles. The molecule has 1 heterocycles. The Morgan fingerprint density at radius 3 is 2.73 bits per heavy atom. The highest BCUT2D eigenvalue weighted by Gasteiger charge is 2.31. The summed E-state index contributed by atoms with van der Waals surface area (Å²) in [5, 5.41) is 0. The van der Waals surface area contributed by atoms with Crippen molar-refractivity contribution in [3.63, 3.8) is 0 Å². The lowest BCUT2D eigenvalue weighted by Crippen LogP contribution is -2.46. The molecule has 4 atom stereocenters. The Bertz CT molecular complexity index is 175. The SMILES string of the molecule is CCCC(C)CC(NN)C1OCCC1C. The van der Waals surface area contributed by atoms with E-state index in [1.54, 1.807) is 0 Å². The summed E-state index contributed by atoms with van der Waals surface area (Å²) in [7, 11) is 0. The minimum absolute atomic E-state index is 0.314. The number of rotatable bonds is 6. The van der Waals surface area contributed by atoms with Gasteiger partial charge in [0.05, 0.1) is 6.10 Å². The van der Waals surface area contributed by atoms with Crippen molar-refractivity contribution in [2.45, 2.75) is 58.6 Å². The first-order valence-corrected chi connectivity index (χ1v) is 6.26. The van der Waals surface area contributed by atoms with E-state index in [0.717, 1.165) is 18.9 Å². The Morgan fingerprint density at radius 2 is 2.27 bits per heavy atom. The summed E-state index contributed by atoms with van der Waals surface area (Å²) < 4.78 is 5.75. The molecule has 1 rings (SSSR count). The summed E-state index contributed by atoms with van der Waals surface area (Å²) in [5.74, 6) is 7.00. The van der Waals surface area contributed by atoms with Gasteiger partial charge < -0.3 is 4.74 Å². The molecule has 1 aliphatic heterocycles. The van der Waals surface area contributed by atoms with Crippen LogP contribution in [0.2, 0.25) is 0 Å². The topological polar surface area (TPSA) is 47.3 Å². The van der Waals surface area contributed by atoms with Crippen molar-refractivity contribution in [2.75, 3.05) is 6.61 Å². The molecule has 1 aliphatic rings. The molecule has 3 N–H and O–H groups in total. The summed E-state index contributed by atoms with van der Waals surface area (Å²) in [6, 6.07) is 0.323. The van der Waals surface area contributed by atoms with Crippen LogP contribution in [-0.4, -0.2) is 18.8 Å². The Morgan fingerprint density at radius 1 is 1.53 bits per heavy atom. The van der Waals surface area contributed by atoms with Crippen LogP contribution in [0.25, 0.3) is 0 Å². The lowest BCUT2D eigenvalue weighted by atomic mass is 9.90. The molecule has 0 aliphatic carbocycles. The monoisotopic (exact) mass is 214 g/mol. The van der Waals surface area contributed by atoms with Gasteiger partial charge in [0, 0.05) is 12.6 Å². The second-order valence-electron chi connectivity index (χ2n) is 5.00. The van der Waals surface area contributed by atoms with Crippen molar-refractivity contribution in [1.82, 2.24) is 5.43 Å². The van der Waals surface area contributed by atoms with Gasteiger partial charge in [-0.05, 0) is 24.7 Å². The zero-order valence-electron chi connectivity index (χ0n) is 10.3. The van der Waals surface area contributed by atoms with E-state index >= 15 is 0 Å². The van der Waals surface area contributed by atoms with Gasteiger partial charge in [-0.25, -0.2) is 0 Å². The van der Waals surface area contributed by atoms with Crippen LogP contribution in [0, 0.1) is 11.8 Å². The van der Waals surface area contributed by atoms with E-state index in [-0.39, 0.29) is 0 Å². The van der Waals surface area contributed by atoms with E-state index in [4.69, 9.17) is 10.6 Å². The molecule has 15 heavy (non-hydrogen) atoms. The van der Waals surface area contributed by atoms with Crippen LogP contribution in [0.15, 0.2) is 0 Å². The van der Waals surface area contributed by atoms with Crippen LogP contribution in [0.4, 0.5) is 0 Å². The fourth-order valence-electron chi connectivity index (χ4n) is 2.57. The molecule has 90 valence electrons. The molecule has 3 nitrogen and oxygen atoms in total. The fourth-order valence-corrected chi connectivity index (χ4v) is 2.57. The lowest BCUT2D eigenvalue weighted by Gasteiger charge is -2.27. The Balaban J connectivity index is 2.40. The minimum Gasteiger partial charge on any atom is -0.376 e. The molecule has 0 aromatic rings. The molecule has 1 saturated heterocycles. The smallest absolute Gasteiger partial charge is 0.0767 e. The van der Waals surface area contributed by atoms with Crippen molar-refractivity contribution in [1.29, 1.82) is 0 Å². The Kier molecular flexibility index (Phi) is 5.58. The van der Waals surface area contributed by atoms with E-state index in [2.05, 4.69) is 26.2 Å². The minimum atomic E-state index is 0.314. The highest BCUT2D eigenvalue weighted by atomic mass is 16.5. The van der Waals surface area contributed by atoms with Gasteiger partial charge in [0.15, 0.2) is 0 Å². The van der Waals surface area contributed by atoms with Gasteiger partial charge in [0.2, 0.25) is 0 Å². The van der Waals surface area contributed by atoms with Gasteiger partial charge in [-0.2, -0.15) is 0 Å². The van der Waals surface area contributed by atoms with Crippen molar-refractivity contribution < 1.29 is 4.74 Å². The summed E-state index contributed by atoms with van der Waals surface area (Å²) in [5.41, 5.74) is 2.94. The van der Waals surface area contributed by atoms with Crippen molar-refractivity contribution in [2.24, 2.45) is 17.7 Å². The average molecular weight is 214 g/mol. The van der Waals surface area contributed by atoms with E-state index in [1.165, 1.54) is 19.3 Å². The van der Waals surface area contributed by atoms with Crippen LogP contribution < -0.4 is 11.3 Å². The van der Waals surface area contributed by atoms with Crippen LogP contribution in [0.3, 0.4) is 0 Å². The van der Waals surface area contributed by atoms with Crippen molar-refractivity contribution >= 4 is 0 Å². The van der Waals surface area contributed by atoms with Crippen LogP contribution >= 0.6 is 0 Å². The van der Waals surface area contributed by atoms with Gasteiger partial charge in [-0.3, -0.25) is 11.3 Å². The standard InChI is InChI=1S/C12H26N2O/c1-4-5-9(2)8-11(14-13)12-10(3)6-7-15-12/h9-12,14H,4-8,13H2,1-3H3. The predicted octanol–water partition coefficient (Wildman–Crippen LogP) is 2.07. The van der Waals surface area contributed by atoms with Crippen LogP contribution in [0.1, 0.15) is 46.5 Å². The molecule has 1 fully saturated rings. The summed E-state index contributed by atoms with van der Waals surface area (Å²) in [6.07, 6.45) is 5.14. The van der Waals surface area contributed by atoms with E-state index < -0.39 is 0 Å². The van der Waals surface area contributed by atoms with Crippen LogP contribution in [0.5, 0.6) is 0 Å². The second kappa shape index (κ2) is 6.46. The first-order valence-electron chi connectivity index (χ1n) is 6.26. The second-order valence-corrected chi connectivity index (χ2v) is 5.00. The van der Waals surface area contributed by atoms with Crippen LogP contribution in [-0.2, 0) is 4.74 Å². The van der Waals surface area contributed by atoms with Gasteiger partial charge in [0.1, 0.15) is 0 Å². The van der Waals surface area contributed by atoms with Gasteiger partial charge >= 0.3 is 0 Å². The maximum absolute atomic E-state index is 5.75. The number of nitrogens with one attached hydrogen (secondary N) is 1. The predicted molar refractivity (Wildman–Crippen MR) is 63.3 cm³/mol. The maximum Gasteiger partial charge on any atom is 0.0767 e. The molecular weight excluding hydrogens is 188 g/mol. The largest absolute Gasteiger partial charge is 0.376 e. The molecule has 0 bridgehead atoms. The lowest BCUT2D eigenvalue weighted by molar-refractivity contribution is 0.0530. The highest BCUT2D eigenvalue weighted by molar-refractivity contribution is 4.84. The number of hydrogen-bond acceptors (Lipinski definition) is 3. The summed E-state index contributed by atoms with van der Waals surface area (Å²) in [4.78, 5) is 0. The summed E-state index contributed by atoms with van der Waals surface area (Å²) in [6.45, 7) is 7.68. The highest BCUT2D eigenvalue weighted by Crippen LogP contribution is 2.26. The zero-order chi connectivity index (χ0) is 11.3. The number of ether oxygens (including phenoxy) is 1. The molecule has 0 radical (unpaired) electrons. The number of nitrogens with two attached hydrogens (primary N) is 1. The molecular formula is C12H26N2O. The molecule has 0 spiro atoms. The van der Waals surface area contributed by atoms with Gasteiger partial charge in [-0.1, -0.05) is 33.6 Å². The van der Waals surface area contributed by atoms with E-state index in [1.807, 2.05) is 0 Å². The average Bonchev–Trinajstić information content (AvgIpc) is 2.61. The van der Waals surface area contributed by atoms with E-state index in [0.29, 0.717) is 18.1 Å². The van der Waals surface area contributed by atoms with Gasteiger partial charge in [0.25, 0.3) is 0 Å². The van der Waals surface area contributed by atoms with Gasteiger partial charge in [-0.15, -0.1) is 0 Å². The third-order valence-corrected chi connectivity index (χ3v) is 3.49. The summed E-state index contributed by atoms with van der Waals surface area (Å²) >= 11 is 0. The molecule has 4 unspecified atom stereocenters. The number of hydrazine groups is 1. The van der Waals surface area contributed by atoms with Crippen molar-refractivity contribution in [3.8, 4) is 0 Å². The third-order valence-electron chi connectivity index (χ3n) is 3.49.